The van der Waals surface area contributed by atoms with E-state index in [9.17, 15) is 14.3 Å². The van der Waals surface area contributed by atoms with E-state index in [0.29, 0.717) is 35.8 Å². The molecular formula is C21H21FN8O3. The lowest BCUT2D eigenvalue weighted by Gasteiger charge is -2.26. The highest BCUT2D eigenvalue weighted by atomic mass is 19.1. The van der Waals surface area contributed by atoms with Crippen LogP contribution in [0.4, 0.5) is 27.4 Å². The minimum absolute atomic E-state index is 0.000869. The number of pyridine rings is 1. The van der Waals surface area contributed by atoms with E-state index in [1.54, 1.807) is 12.1 Å². The van der Waals surface area contributed by atoms with Gasteiger partial charge in [0.2, 0.25) is 0 Å². The second kappa shape index (κ2) is 8.82. The van der Waals surface area contributed by atoms with E-state index in [4.69, 9.17) is 4.52 Å². The smallest absolute Gasteiger partial charge is 0.276 e. The van der Waals surface area contributed by atoms with Crippen LogP contribution in [0.3, 0.4) is 0 Å². The fraction of sp³-hybridized carbons (Fsp3) is 0.286. The maximum absolute atomic E-state index is 14.0. The molecule has 1 fully saturated rings. The zero-order valence-electron chi connectivity index (χ0n) is 17.4. The Morgan fingerprint density at radius 3 is 2.76 bits per heavy atom. The normalized spacial score (nSPS) is 18.2. The van der Waals surface area contributed by atoms with Crippen molar-refractivity contribution >= 4 is 34.6 Å². The number of nitrogens with one attached hydrogen (secondary N) is 3. The van der Waals surface area contributed by atoms with Gasteiger partial charge in [-0.05, 0) is 31.7 Å². The van der Waals surface area contributed by atoms with Crippen LogP contribution in [0, 0.1) is 5.82 Å². The van der Waals surface area contributed by atoms with Crippen molar-refractivity contribution in [1.29, 1.82) is 0 Å². The van der Waals surface area contributed by atoms with Crippen LogP contribution in [-0.2, 0) is 0 Å². The van der Waals surface area contributed by atoms with Crippen molar-refractivity contribution in [3.8, 4) is 0 Å². The molecule has 4 aromatic rings. The minimum Gasteiger partial charge on any atom is -0.393 e. The van der Waals surface area contributed by atoms with Gasteiger partial charge in [-0.25, -0.2) is 13.9 Å². The summed E-state index contributed by atoms with van der Waals surface area (Å²) in [6.45, 7) is 0. The van der Waals surface area contributed by atoms with Crippen LogP contribution >= 0.6 is 0 Å². The molecule has 1 saturated carbocycles. The number of aromatic nitrogens is 5. The number of carbonyl (C=O) groups is 1. The molecule has 12 heteroatoms. The van der Waals surface area contributed by atoms with Crippen molar-refractivity contribution in [1.82, 2.24) is 24.7 Å². The number of hydrogen-bond donors (Lipinski definition) is 4. The van der Waals surface area contributed by atoms with Crippen LogP contribution in [-0.4, -0.2) is 47.9 Å². The molecule has 0 bridgehead atoms. The quantitative estimate of drug-likeness (QED) is 0.347. The Hall–Kier alpha value is -4.06. The van der Waals surface area contributed by atoms with E-state index in [1.165, 1.54) is 29.2 Å². The summed E-state index contributed by atoms with van der Waals surface area (Å²) in [7, 11) is 0. The zero-order valence-corrected chi connectivity index (χ0v) is 17.4. The summed E-state index contributed by atoms with van der Waals surface area (Å²) in [4.78, 5) is 20.9. The molecule has 1 aliphatic carbocycles. The van der Waals surface area contributed by atoms with Crippen LogP contribution < -0.4 is 16.0 Å². The maximum atomic E-state index is 14.0. The molecule has 5 rings (SSSR count). The molecule has 1 amide bonds. The number of aliphatic hydroxyl groups excluding tert-OH is 1. The van der Waals surface area contributed by atoms with Crippen LogP contribution in [0.2, 0.25) is 0 Å². The summed E-state index contributed by atoms with van der Waals surface area (Å²) in [6.07, 6.45) is 7.93. The van der Waals surface area contributed by atoms with Gasteiger partial charge in [-0.15, -0.1) is 5.10 Å². The summed E-state index contributed by atoms with van der Waals surface area (Å²) in [5, 5.41) is 27.2. The van der Waals surface area contributed by atoms with Crippen LogP contribution in [0.25, 0.3) is 5.65 Å². The summed E-state index contributed by atoms with van der Waals surface area (Å²) < 4.78 is 20.2. The van der Waals surface area contributed by atoms with Crippen LogP contribution in [0.1, 0.15) is 36.2 Å². The van der Waals surface area contributed by atoms with Crippen molar-refractivity contribution in [3.63, 3.8) is 0 Å². The second-order valence-corrected chi connectivity index (χ2v) is 7.79. The molecule has 0 radical (unpaired) electrons. The highest BCUT2D eigenvalue weighted by Gasteiger charge is 2.22. The van der Waals surface area contributed by atoms with E-state index in [1.807, 2.05) is 0 Å². The summed E-state index contributed by atoms with van der Waals surface area (Å²) in [5.41, 5.74) is 1.04. The van der Waals surface area contributed by atoms with Crippen molar-refractivity contribution in [3.05, 3.63) is 54.6 Å². The fourth-order valence-corrected chi connectivity index (χ4v) is 3.79. The largest absolute Gasteiger partial charge is 0.393 e. The van der Waals surface area contributed by atoms with Crippen LogP contribution in [0.15, 0.2) is 47.6 Å². The average Bonchev–Trinajstić information content (AvgIpc) is 3.47. The van der Waals surface area contributed by atoms with Gasteiger partial charge < -0.3 is 25.6 Å². The van der Waals surface area contributed by atoms with E-state index < -0.39 is 11.7 Å². The molecule has 0 atom stereocenters. The molecule has 0 unspecified atom stereocenters. The SMILES string of the molecule is O=C(Nc1ccncc1F)c1cnc2c(Nc3ccon3)cc(N[C@H]3CC[C@H](O)CC3)nn12. The van der Waals surface area contributed by atoms with Gasteiger partial charge in [-0.3, -0.25) is 9.78 Å². The Bertz CT molecular complexity index is 1270. The molecule has 4 N–H and O–H groups in total. The fourth-order valence-electron chi connectivity index (χ4n) is 3.79. The number of imidazole rings is 1. The third-order valence-corrected chi connectivity index (χ3v) is 5.47. The maximum Gasteiger partial charge on any atom is 0.276 e. The molecular weight excluding hydrogens is 431 g/mol. The van der Waals surface area contributed by atoms with Gasteiger partial charge in [-0.1, -0.05) is 5.16 Å². The first-order chi connectivity index (χ1) is 16.1. The molecule has 33 heavy (non-hydrogen) atoms. The monoisotopic (exact) mass is 452 g/mol. The van der Waals surface area contributed by atoms with E-state index >= 15 is 0 Å². The molecule has 0 spiro atoms. The van der Waals surface area contributed by atoms with Gasteiger partial charge in [0.15, 0.2) is 23.0 Å². The number of amides is 1. The Morgan fingerprint density at radius 1 is 1.15 bits per heavy atom. The minimum atomic E-state index is -0.650. The number of anilines is 4. The number of nitrogens with zero attached hydrogens (tertiary/aromatic N) is 5. The lowest BCUT2D eigenvalue weighted by atomic mass is 9.93. The van der Waals surface area contributed by atoms with Gasteiger partial charge in [0.1, 0.15) is 12.1 Å². The van der Waals surface area contributed by atoms with Gasteiger partial charge in [-0.2, -0.15) is 0 Å². The first-order valence-electron chi connectivity index (χ1n) is 10.5. The highest BCUT2D eigenvalue weighted by Crippen LogP contribution is 2.27. The Balaban J connectivity index is 1.49. The zero-order chi connectivity index (χ0) is 22.8. The van der Waals surface area contributed by atoms with Crippen molar-refractivity contribution in [2.45, 2.75) is 37.8 Å². The molecule has 170 valence electrons. The third kappa shape index (κ3) is 4.46. The van der Waals surface area contributed by atoms with E-state index in [-0.39, 0.29) is 23.5 Å². The summed E-state index contributed by atoms with van der Waals surface area (Å²) in [5.74, 6) is -0.256. The third-order valence-electron chi connectivity index (χ3n) is 5.47. The molecule has 0 aromatic carbocycles. The molecule has 0 aliphatic heterocycles. The second-order valence-electron chi connectivity index (χ2n) is 7.79. The van der Waals surface area contributed by atoms with Crippen molar-refractivity contribution in [2.24, 2.45) is 0 Å². The molecule has 4 heterocycles. The molecule has 4 aromatic heterocycles. The first-order valence-corrected chi connectivity index (χ1v) is 10.5. The lowest BCUT2D eigenvalue weighted by Crippen LogP contribution is -2.29. The lowest BCUT2D eigenvalue weighted by molar-refractivity contribution is 0.101. The number of halogens is 1. The topological polar surface area (TPSA) is 142 Å². The summed E-state index contributed by atoms with van der Waals surface area (Å²) in [6, 6.07) is 4.91. The van der Waals surface area contributed by atoms with Gasteiger partial charge in [0, 0.05) is 24.4 Å². The number of carbonyl (C=O) groups excluding carboxylic acids is 1. The van der Waals surface area contributed by atoms with Crippen molar-refractivity contribution < 1.29 is 18.8 Å². The Morgan fingerprint density at radius 2 is 2.00 bits per heavy atom. The standard InChI is InChI=1S/C21H21FN8O3/c22-14-10-23-7-5-15(14)27-21(32)17-11-24-20-16(26-18-6-8-33-29-18)9-19(28-30(17)20)25-12-1-3-13(31)4-2-12/h5-13,31H,1-4H2,(H,25,28)(H,26,29)(H,23,27,32)/t12-,13-. The average molecular weight is 452 g/mol. The molecule has 11 nitrogen and oxygen atoms in total. The van der Waals surface area contributed by atoms with Gasteiger partial charge >= 0.3 is 0 Å². The van der Waals surface area contributed by atoms with Gasteiger partial charge in [0.25, 0.3) is 5.91 Å². The number of hydrogen-bond acceptors (Lipinski definition) is 9. The molecule has 1 aliphatic rings. The number of fused-ring (bicyclic) bond motifs is 1. The number of rotatable bonds is 6. The van der Waals surface area contributed by atoms with Crippen LogP contribution in [0.5, 0.6) is 0 Å². The summed E-state index contributed by atoms with van der Waals surface area (Å²) >= 11 is 0. The first kappa shape index (κ1) is 20.8. The molecule has 0 saturated heterocycles. The number of aliphatic hydroxyl groups is 1. The Kier molecular flexibility index (Phi) is 5.57. The van der Waals surface area contributed by atoms with Crippen molar-refractivity contribution in [2.75, 3.05) is 16.0 Å². The predicted octanol–water partition coefficient (Wildman–Crippen LogP) is 2.96. The predicted molar refractivity (Wildman–Crippen MR) is 117 cm³/mol. The highest BCUT2D eigenvalue weighted by molar-refractivity contribution is 6.03. The van der Waals surface area contributed by atoms with E-state index in [2.05, 4.69) is 36.2 Å². The Labute approximate surface area is 187 Å². The van der Waals surface area contributed by atoms with Gasteiger partial charge in [0.05, 0.1) is 29.9 Å². The van der Waals surface area contributed by atoms with E-state index in [0.717, 1.165) is 19.0 Å².